The van der Waals surface area contributed by atoms with Gasteiger partial charge in [-0.1, -0.05) is 31.5 Å². The van der Waals surface area contributed by atoms with Crippen molar-refractivity contribution in [3.8, 4) is 5.75 Å². The van der Waals surface area contributed by atoms with Crippen LogP contribution in [0.4, 0.5) is 5.69 Å². The van der Waals surface area contributed by atoms with E-state index in [4.69, 9.17) is 14.2 Å². The lowest BCUT2D eigenvalue weighted by atomic mass is 10.0. The van der Waals surface area contributed by atoms with Crippen molar-refractivity contribution in [1.29, 1.82) is 0 Å². The summed E-state index contributed by atoms with van der Waals surface area (Å²) in [6, 6.07) is 13.7. The van der Waals surface area contributed by atoms with E-state index in [1.807, 2.05) is 32.0 Å². The van der Waals surface area contributed by atoms with Gasteiger partial charge < -0.3 is 34.4 Å². The Morgan fingerprint density at radius 2 is 1.80 bits per heavy atom. The van der Waals surface area contributed by atoms with Gasteiger partial charge >= 0.3 is 5.97 Å². The van der Waals surface area contributed by atoms with Crippen molar-refractivity contribution in [2.75, 3.05) is 45.3 Å². The number of carbonyl (C=O) groups excluding carboxylic acids is 4. The van der Waals surface area contributed by atoms with Crippen molar-refractivity contribution < 1.29 is 38.5 Å². The number of hydrogen-bond donors (Lipinski definition) is 2. The molecule has 2 N–H and O–H groups in total. The molecule has 0 radical (unpaired) electrons. The van der Waals surface area contributed by atoms with E-state index in [0.717, 1.165) is 19.3 Å². The molecule has 2 aromatic carbocycles. The highest BCUT2D eigenvalue weighted by molar-refractivity contribution is 6.00. The first-order chi connectivity index (χ1) is 23.5. The van der Waals surface area contributed by atoms with Crippen molar-refractivity contribution >= 4 is 29.4 Å². The normalized spacial score (nSPS) is 19.5. The topological polar surface area (TPSA) is 135 Å². The first-order valence-corrected chi connectivity index (χ1v) is 17.6. The molecule has 49 heavy (non-hydrogen) atoms. The first-order valence-electron chi connectivity index (χ1n) is 17.6. The quantitative estimate of drug-likeness (QED) is 0.203. The van der Waals surface area contributed by atoms with E-state index in [-0.39, 0.29) is 67.0 Å². The molecule has 1 aliphatic rings. The monoisotopic (exact) mass is 681 g/mol. The highest BCUT2D eigenvalue weighted by atomic mass is 16.5. The van der Waals surface area contributed by atoms with Gasteiger partial charge in [-0.15, -0.1) is 0 Å². The summed E-state index contributed by atoms with van der Waals surface area (Å²) in [5.74, 6) is -0.654. The largest absolute Gasteiger partial charge is 0.490 e. The number of amides is 3. The van der Waals surface area contributed by atoms with Crippen molar-refractivity contribution in [2.24, 2.45) is 5.92 Å². The zero-order valence-corrected chi connectivity index (χ0v) is 29.8. The standard InChI is InChI=1S/C38H55N3O8/c1-6-47-36(44)19-12-8-11-18-35(43)39-31-20-21-33-32(23-31)38(46)41(28(3)26-42)24-27(2)34(48-22-14-13-15-29(4)49-33)25-40(5)37(45)30-16-9-7-10-17-30/h7,9-10,16-17,20-21,23,27-29,34,42H,6,8,11-15,18-19,22,24-26H2,1-5H3,(H,39,43)/t27-,28-,29-,34-/m0/s1. The molecule has 3 amide bonds. The second-order valence-corrected chi connectivity index (χ2v) is 13.0. The number of nitrogens with one attached hydrogen (secondary N) is 1. The molecule has 0 aromatic heterocycles. The van der Waals surface area contributed by atoms with Crippen molar-refractivity contribution in [3.05, 3.63) is 59.7 Å². The van der Waals surface area contributed by atoms with Crippen molar-refractivity contribution in [3.63, 3.8) is 0 Å². The summed E-state index contributed by atoms with van der Waals surface area (Å²) in [5.41, 5.74) is 1.34. The van der Waals surface area contributed by atoms with Crippen molar-refractivity contribution in [1.82, 2.24) is 9.80 Å². The number of anilines is 1. The molecule has 0 unspecified atom stereocenters. The molecule has 4 atom stereocenters. The maximum absolute atomic E-state index is 14.3. The number of rotatable bonds is 13. The second-order valence-electron chi connectivity index (χ2n) is 13.0. The Morgan fingerprint density at radius 3 is 2.51 bits per heavy atom. The molecule has 0 spiro atoms. The lowest BCUT2D eigenvalue weighted by molar-refractivity contribution is -0.143. The predicted octanol–water partition coefficient (Wildman–Crippen LogP) is 5.71. The summed E-state index contributed by atoms with van der Waals surface area (Å²) in [6.07, 6.45) is 4.45. The highest BCUT2D eigenvalue weighted by Gasteiger charge is 2.31. The molecule has 11 nitrogen and oxygen atoms in total. The number of likely N-dealkylation sites (N-methyl/N-ethyl adjacent to an activating group) is 1. The zero-order chi connectivity index (χ0) is 35.8. The lowest BCUT2D eigenvalue weighted by Crippen LogP contribution is -2.48. The average Bonchev–Trinajstić information content (AvgIpc) is 3.09. The third-order valence-electron chi connectivity index (χ3n) is 8.75. The summed E-state index contributed by atoms with van der Waals surface area (Å²) in [5, 5.41) is 13.1. The van der Waals surface area contributed by atoms with E-state index in [9.17, 15) is 24.3 Å². The maximum atomic E-state index is 14.3. The molecule has 0 bridgehead atoms. The number of hydrogen-bond acceptors (Lipinski definition) is 8. The fourth-order valence-electron chi connectivity index (χ4n) is 5.81. The summed E-state index contributed by atoms with van der Waals surface area (Å²) in [7, 11) is 1.75. The van der Waals surface area contributed by atoms with Gasteiger partial charge in [-0.3, -0.25) is 19.2 Å². The van der Waals surface area contributed by atoms with Crippen LogP contribution in [0.5, 0.6) is 5.75 Å². The molecule has 0 fully saturated rings. The molecular weight excluding hydrogens is 626 g/mol. The van der Waals surface area contributed by atoms with Crippen LogP contribution in [-0.4, -0.2) is 96.8 Å². The second kappa shape index (κ2) is 20.5. The van der Waals surface area contributed by atoms with Crippen molar-refractivity contribution in [2.45, 2.75) is 97.3 Å². The van der Waals surface area contributed by atoms with Crippen LogP contribution in [0.1, 0.15) is 99.8 Å². The molecule has 1 heterocycles. The molecular formula is C38H55N3O8. The number of carbonyl (C=O) groups is 4. The van der Waals surface area contributed by atoms with Gasteiger partial charge in [0.05, 0.1) is 37.0 Å². The van der Waals surface area contributed by atoms with Gasteiger partial charge in [0.2, 0.25) is 5.91 Å². The van der Waals surface area contributed by atoms with Crippen LogP contribution in [0.15, 0.2) is 48.5 Å². The van der Waals surface area contributed by atoms with E-state index in [1.54, 1.807) is 61.0 Å². The number of aliphatic hydroxyl groups is 1. The number of fused-ring (bicyclic) bond motifs is 1. The number of nitrogens with zero attached hydrogens (tertiary/aromatic N) is 2. The minimum atomic E-state index is -0.523. The molecule has 11 heteroatoms. The summed E-state index contributed by atoms with van der Waals surface area (Å²) in [4.78, 5) is 55.2. The third-order valence-corrected chi connectivity index (χ3v) is 8.75. The van der Waals surface area contributed by atoms with E-state index in [0.29, 0.717) is 62.4 Å². The summed E-state index contributed by atoms with van der Waals surface area (Å²) < 4.78 is 17.6. The Bertz CT molecular complexity index is 1350. The number of benzene rings is 2. The third kappa shape index (κ3) is 12.8. The molecule has 270 valence electrons. The fraction of sp³-hybridized carbons (Fsp3) is 0.579. The minimum Gasteiger partial charge on any atom is -0.490 e. The van der Waals surface area contributed by atoms with E-state index in [1.165, 1.54) is 0 Å². The Labute approximate surface area is 291 Å². The van der Waals surface area contributed by atoms with Crippen LogP contribution >= 0.6 is 0 Å². The van der Waals surface area contributed by atoms with Crippen LogP contribution in [0, 0.1) is 5.92 Å². The Kier molecular flexibility index (Phi) is 16.5. The van der Waals surface area contributed by atoms with E-state index >= 15 is 0 Å². The number of esters is 1. The summed E-state index contributed by atoms with van der Waals surface area (Å²) in [6.45, 7) is 8.70. The minimum absolute atomic E-state index is 0.112. The van der Waals surface area contributed by atoms with Gasteiger partial charge in [-0.2, -0.15) is 0 Å². The fourth-order valence-corrected chi connectivity index (χ4v) is 5.81. The van der Waals surface area contributed by atoms with Crippen LogP contribution in [0.3, 0.4) is 0 Å². The molecule has 2 aromatic rings. The zero-order valence-electron chi connectivity index (χ0n) is 29.8. The molecule has 1 aliphatic heterocycles. The first kappa shape index (κ1) is 39.5. The van der Waals surface area contributed by atoms with Crippen LogP contribution < -0.4 is 10.1 Å². The van der Waals surface area contributed by atoms with Gasteiger partial charge in [0.15, 0.2) is 0 Å². The van der Waals surface area contributed by atoms with Gasteiger partial charge in [-0.05, 0) is 83.2 Å². The van der Waals surface area contributed by atoms with Crippen LogP contribution in [0.25, 0.3) is 0 Å². The molecule has 0 aliphatic carbocycles. The Morgan fingerprint density at radius 1 is 1.06 bits per heavy atom. The average molecular weight is 682 g/mol. The van der Waals surface area contributed by atoms with E-state index in [2.05, 4.69) is 5.32 Å². The molecule has 3 rings (SSSR count). The summed E-state index contributed by atoms with van der Waals surface area (Å²) >= 11 is 0. The molecule has 0 saturated carbocycles. The van der Waals surface area contributed by atoms with Gasteiger partial charge in [0.1, 0.15) is 5.75 Å². The van der Waals surface area contributed by atoms with Gasteiger partial charge in [0.25, 0.3) is 11.8 Å². The molecule has 0 saturated heterocycles. The maximum Gasteiger partial charge on any atom is 0.305 e. The SMILES string of the molecule is CCOC(=O)CCCCCC(=O)Nc1ccc2c(c1)C(=O)N([C@@H](C)CO)C[C@H](C)[C@H](CN(C)C(=O)c1ccccc1)OCCCC[C@H](C)O2. The predicted molar refractivity (Wildman–Crippen MR) is 189 cm³/mol. The lowest BCUT2D eigenvalue weighted by Gasteiger charge is -2.36. The Hall–Kier alpha value is -3.96. The van der Waals surface area contributed by atoms with Gasteiger partial charge in [0, 0.05) is 56.8 Å². The smallest absolute Gasteiger partial charge is 0.305 e. The number of unbranched alkanes of at least 4 members (excludes halogenated alkanes) is 2. The van der Waals surface area contributed by atoms with E-state index < -0.39 is 6.04 Å². The van der Waals surface area contributed by atoms with Crippen LogP contribution in [0.2, 0.25) is 0 Å². The number of aliphatic hydroxyl groups excluding tert-OH is 1. The van der Waals surface area contributed by atoms with Crippen LogP contribution in [-0.2, 0) is 19.1 Å². The Balaban J connectivity index is 1.81. The van der Waals surface area contributed by atoms with Gasteiger partial charge in [-0.25, -0.2) is 0 Å². The number of ether oxygens (including phenoxy) is 3. The highest BCUT2D eigenvalue weighted by Crippen LogP contribution is 2.29.